The number of ether oxygens (including phenoxy) is 1. The number of esters is 1. The molecule has 6 aromatic rings. The number of hydrogen-bond donors (Lipinski definition) is 0. The van der Waals surface area contributed by atoms with E-state index in [2.05, 4.69) is 9.72 Å². The minimum Gasteiger partial charge on any atom is -0.392 e. The summed E-state index contributed by atoms with van der Waals surface area (Å²) in [5, 5.41) is 10.2. The van der Waals surface area contributed by atoms with E-state index in [9.17, 15) is 125 Å². The maximum absolute atomic E-state index is 14.2. The maximum Gasteiger partial charge on any atom is 0.416 e. The number of ketones is 1. The first-order chi connectivity index (χ1) is 35.8. The van der Waals surface area contributed by atoms with Gasteiger partial charge in [-0.05, 0) is 24.3 Å². The van der Waals surface area contributed by atoms with Crippen LogP contribution in [-0.4, -0.2) is 34.5 Å². The molecule has 1 heterocycles. The summed E-state index contributed by atoms with van der Waals surface area (Å²) in [4.78, 5) is 37.2. The molecule has 0 aliphatic heterocycles. The Morgan fingerprint density at radius 3 is 1.00 bits per heavy atom. The summed E-state index contributed by atoms with van der Waals surface area (Å²) in [7, 11) is 0. The molecule has 0 N–H and O–H groups in total. The van der Waals surface area contributed by atoms with E-state index in [-0.39, 0.29) is 18.0 Å². The topological polar surface area (TPSA) is 103 Å². The first-order valence-electron chi connectivity index (χ1n) is 20.9. The normalized spacial score (nSPS) is 13.1. The van der Waals surface area contributed by atoms with E-state index in [1.807, 2.05) is 0 Å². The standard InChI is InChI=1S/C32H12BF24.C14H12N3O5/c34-25(35,36)13-1-14(26(37,38)39)6-21(5-13)33(22-7-15(27(40,41)42)2-16(8-22)28(43,44)45,23-9-17(29(46,47)48)3-18(10-23)30(49,50)51)24-11-19(31(52,53)54)4-20(12-24)32(55,56)57;18-13(11-4-2-1-3-5-11)9-16-7-6-15-8-12(16)14(19)22-10-17(20)21/h1-12H;1-8H,9-10H2/q-1;+1. The van der Waals surface area contributed by atoms with Gasteiger partial charge in [0.15, 0.2) is 6.20 Å². The molecule has 0 saturated heterocycles. The van der Waals surface area contributed by atoms with Crippen LogP contribution in [0, 0.1) is 10.1 Å². The third kappa shape index (κ3) is 14.8. The molecule has 0 amide bonds. The number of carbonyl (C=O) groups excluding carboxylic acids is 2. The Morgan fingerprint density at radius 2 is 0.747 bits per heavy atom. The van der Waals surface area contributed by atoms with E-state index in [1.165, 1.54) is 23.2 Å². The first-order valence-corrected chi connectivity index (χ1v) is 20.9. The molecule has 6 rings (SSSR count). The SMILES string of the molecule is FC(F)(F)c1cc([B-](c2cc(C(F)(F)F)cc(C(F)(F)F)c2)(c2cc(C(F)(F)F)cc(C(F)(F)F)c2)c2cc(C(F)(F)F)cc(C(F)(F)F)c2)cc(C(F)(F)F)c1.O=C(C[n+]1ccncc1C(=O)OC[N+](=O)[O-])c1ccccc1. The second-order valence-electron chi connectivity index (χ2n) is 16.5. The molecule has 1 aromatic heterocycles. The fourth-order valence-corrected chi connectivity index (χ4v) is 7.82. The lowest BCUT2D eigenvalue weighted by molar-refractivity contribution is -0.686. The third-order valence-corrected chi connectivity index (χ3v) is 11.2. The molecule has 0 unspecified atom stereocenters. The van der Waals surface area contributed by atoms with Crippen molar-refractivity contribution < 1.29 is 129 Å². The minimum absolute atomic E-state index is 0.0337. The zero-order valence-corrected chi connectivity index (χ0v) is 38.0. The molecule has 424 valence electrons. The van der Waals surface area contributed by atoms with Gasteiger partial charge in [0.2, 0.25) is 12.3 Å². The van der Waals surface area contributed by atoms with Crippen LogP contribution in [0.3, 0.4) is 0 Å². The van der Waals surface area contributed by atoms with Crippen LogP contribution in [-0.2, 0) is 60.7 Å². The zero-order valence-electron chi connectivity index (χ0n) is 38.0. The van der Waals surface area contributed by atoms with Crippen LogP contribution >= 0.6 is 0 Å². The average Bonchev–Trinajstić information content (AvgIpc) is 3.33. The van der Waals surface area contributed by atoms with Gasteiger partial charge in [-0.1, -0.05) is 78.9 Å². The number of nitro groups is 1. The minimum atomic E-state index is -6.13. The van der Waals surface area contributed by atoms with Gasteiger partial charge >= 0.3 is 67.8 Å². The number of benzene rings is 5. The molecule has 0 bridgehead atoms. The summed E-state index contributed by atoms with van der Waals surface area (Å²) < 4.78 is 347. The summed E-state index contributed by atoms with van der Waals surface area (Å²) >= 11 is 0. The van der Waals surface area contributed by atoms with Crippen molar-refractivity contribution in [1.82, 2.24) is 4.98 Å². The summed E-state index contributed by atoms with van der Waals surface area (Å²) in [5.41, 5.74) is -29.7. The number of aromatic nitrogens is 2. The molecule has 0 saturated carbocycles. The maximum atomic E-state index is 14.2. The third-order valence-electron chi connectivity index (χ3n) is 11.2. The average molecular weight is 1170 g/mol. The Balaban J connectivity index is 0.000000433. The van der Waals surface area contributed by atoms with Crippen LogP contribution in [0.15, 0.2) is 122 Å². The number of nitrogens with zero attached hydrogens (tertiary/aromatic N) is 3. The molecular weight excluding hydrogens is 1140 g/mol. The van der Waals surface area contributed by atoms with E-state index < -0.39 is 212 Å². The van der Waals surface area contributed by atoms with Crippen molar-refractivity contribution in [3.05, 3.63) is 188 Å². The smallest absolute Gasteiger partial charge is 0.392 e. The quantitative estimate of drug-likeness (QED) is 0.0198. The van der Waals surface area contributed by atoms with Gasteiger partial charge in [-0.25, -0.2) is 4.79 Å². The Kier molecular flexibility index (Phi) is 17.0. The number of rotatable bonds is 10. The second-order valence-corrected chi connectivity index (χ2v) is 16.5. The lowest BCUT2D eigenvalue weighted by Crippen LogP contribution is -2.75. The number of alkyl halides is 24. The molecule has 5 aromatic carbocycles. The largest absolute Gasteiger partial charge is 0.416 e. The highest BCUT2D eigenvalue weighted by atomic mass is 19.4. The van der Waals surface area contributed by atoms with Crippen molar-refractivity contribution in [3.8, 4) is 0 Å². The highest BCUT2D eigenvalue weighted by molar-refractivity contribution is 7.20. The van der Waals surface area contributed by atoms with Gasteiger partial charge in [0.25, 0.3) is 0 Å². The lowest BCUT2D eigenvalue weighted by Gasteiger charge is -2.46. The van der Waals surface area contributed by atoms with Gasteiger partial charge in [0, 0.05) is 5.56 Å². The second kappa shape index (κ2) is 21.7. The van der Waals surface area contributed by atoms with Crippen molar-refractivity contribution >= 4 is 39.7 Å². The van der Waals surface area contributed by atoms with Crippen LogP contribution < -0.4 is 26.4 Å². The van der Waals surface area contributed by atoms with Crippen molar-refractivity contribution in [1.29, 1.82) is 0 Å². The van der Waals surface area contributed by atoms with Gasteiger partial charge in [-0.15, -0.1) is 0 Å². The molecule has 0 radical (unpaired) electrons. The van der Waals surface area contributed by atoms with E-state index >= 15 is 0 Å². The zero-order chi connectivity index (χ0) is 59.9. The monoisotopic (exact) mass is 1170 g/mol. The van der Waals surface area contributed by atoms with Crippen LogP contribution in [0.5, 0.6) is 0 Å². The number of Topliss-reactive ketones (excluding diaryl/α,β-unsaturated/α-hetero) is 1. The first kappa shape index (κ1) is 62.0. The highest BCUT2D eigenvalue weighted by Crippen LogP contribution is 2.41. The van der Waals surface area contributed by atoms with Crippen molar-refractivity contribution in [2.45, 2.75) is 56.0 Å². The molecule has 0 spiro atoms. The van der Waals surface area contributed by atoms with Gasteiger partial charge in [0.1, 0.15) is 12.3 Å². The number of carbonyl (C=O) groups is 2. The van der Waals surface area contributed by atoms with Crippen LogP contribution in [0.25, 0.3) is 0 Å². The van der Waals surface area contributed by atoms with E-state index in [0.717, 1.165) is 0 Å². The highest BCUT2D eigenvalue weighted by Gasteiger charge is 2.47. The molecule has 79 heavy (non-hydrogen) atoms. The fraction of sp³-hybridized carbons (Fsp3) is 0.217. The van der Waals surface area contributed by atoms with Crippen LogP contribution in [0.4, 0.5) is 105 Å². The van der Waals surface area contributed by atoms with E-state index in [1.54, 1.807) is 30.3 Å². The number of halogens is 24. The van der Waals surface area contributed by atoms with Crippen molar-refractivity contribution in [2.24, 2.45) is 0 Å². The molecule has 33 heteroatoms. The van der Waals surface area contributed by atoms with Gasteiger partial charge in [-0.2, -0.15) is 132 Å². The van der Waals surface area contributed by atoms with Crippen LogP contribution in [0.2, 0.25) is 0 Å². The van der Waals surface area contributed by atoms with Gasteiger partial charge in [0.05, 0.1) is 55.6 Å². The predicted molar refractivity (Wildman–Crippen MR) is 223 cm³/mol. The van der Waals surface area contributed by atoms with Gasteiger partial charge in [-0.3, -0.25) is 19.9 Å². The van der Waals surface area contributed by atoms with E-state index in [4.69, 9.17) is 0 Å². The molecule has 0 aliphatic carbocycles. The fourth-order valence-electron chi connectivity index (χ4n) is 7.82. The van der Waals surface area contributed by atoms with Crippen molar-refractivity contribution in [3.63, 3.8) is 0 Å². The molecule has 0 aliphatic rings. The molecular formula is C46H24BF24N3O5. The van der Waals surface area contributed by atoms with E-state index in [0.29, 0.717) is 5.56 Å². The lowest BCUT2D eigenvalue weighted by atomic mass is 9.12. The Bertz CT molecular complexity index is 2800. The Labute approximate surface area is 423 Å². The summed E-state index contributed by atoms with van der Waals surface area (Å²) in [5.74, 6) is -1.12. The summed E-state index contributed by atoms with van der Waals surface area (Å²) in [6.45, 7) is -1.05. The van der Waals surface area contributed by atoms with Crippen LogP contribution in [0.1, 0.15) is 65.4 Å². The molecule has 0 atom stereocenters. The Morgan fingerprint density at radius 1 is 0.468 bits per heavy atom. The number of hydrogen-bond acceptors (Lipinski definition) is 6. The molecule has 0 fully saturated rings. The van der Waals surface area contributed by atoms with Crippen molar-refractivity contribution in [2.75, 3.05) is 6.73 Å². The molecule has 8 nitrogen and oxygen atoms in total. The Hall–Kier alpha value is -7.90. The summed E-state index contributed by atoms with van der Waals surface area (Å²) in [6.07, 6.45) is -50.8. The van der Waals surface area contributed by atoms with Gasteiger partial charge < -0.3 is 4.74 Å². The predicted octanol–water partition coefficient (Wildman–Crippen LogP) is 11.9. The summed E-state index contributed by atoms with van der Waals surface area (Å²) in [6, 6.07) is -0.233.